The summed E-state index contributed by atoms with van der Waals surface area (Å²) in [5.41, 5.74) is 4.78. The molecule has 4 atom stereocenters. The Kier molecular flexibility index (Phi) is 8.75. The molecule has 7 nitrogen and oxygen atoms in total. The van der Waals surface area contributed by atoms with Gasteiger partial charge in [0.15, 0.2) is 0 Å². The quantitative estimate of drug-likeness (QED) is 0.176. The molecule has 4 saturated heterocycles. The summed E-state index contributed by atoms with van der Waals surface area (Å²) in [7, 11) is 1.67. The number of piperidine rings is 4. The fourth-order valence-corrected chi connectivity index (χ4v) is 9.03. The molecule has 4 aromatic rings. The van der Waals surface area contributed by atoms with Crippen LogP contribution in [0, 0.1) is 11.8 Å². The van der Waals surface area contributed by atoms with E-state index in [1.807, 2.05) is 30.3 Å². The summed E-state index contributed by atoms with van der Waals surface area (Å²) >= 11 is 0. The van der Waals surface area contributed by atoms with Crippen LogP contribution in [0.1, 0.15) is 55.2 Å². The number of hydrogen-bond donors (Lipinski definition) is 0. The largest absolute Gasteiger partial charge is 0.573 e. The fraction of sp³-hybridized carbons (Fsp3) is 0.425. The van der Waals surface area contributed by atoms with E-state index in [0.717, 1.165) is 58.3 Å². The van der Waals surface area contributed by atoms with Crippen molar-refractivity contribution in [2.45, 2.75) is 70.1 Å². The van der Waals surface area contributed by atoms with Crippen LogP contribution < -0.4 is 14.2 Å². The molecule has 4 aliphatic rings. The van der Waals surface area contributed by atoms with Gasteiger partial charge in [0, 0.05) is 53.4 Å². The Morgan fingerprint density at radius 1 is 0.880 bits per heavy atom. The van der Waals surface area contributed by atoms with Crippen LogP contribution in [0.2, 0.25) is 0 Å². The Morgan fingerprint density at radius 3 is 2.36 bits per heavy atom. The predicted octanol–water partition coefficient (Wildman–Crippen LogP) is 8.05. The van der Waals surface area contributed by atoms with Gasteiger partial charge in [0.05, 0.1) is 7.11 Å². The van der Waals surface area contributed by atoms with Crippen LogP contribution in [0.15, 0.2) is 78.5 Å². The summed E-state index contributed by atoms with van der Waals surface area (Å²) in [5, 5.41) is 1.05. The molecule has 4 fully saturated rings. The van der Waals surface area contributed by atoms with E-state index in [0.29, 0.717) is 36.2 Å². The molecule has 0 aliphatic carbocycles. The van der Waals surface area contributed by atoms with Crippen molar-refractivity contribution in [1.29, 1.82) is 0 Å². The van der Waals surface area contributed by atoms with E-state index >= 15 is 0 Å². The van der Waals surface area contributed by atoms with Gasteiger partial charge in [-0.3, -0.25) is 9.69 Å². The fourth-order valence-electron chi connectivity index (χ4n) is 9.03. The minimum atomic E-state index is -4.72. The first-order valence-corrected chi connectivity index (χ1v) is 17.7. The normalized spacial score (nSPS) is 24.6. The van der Waals surface area contributed by atoms with Crippen molar-refractivity contribution in [1.82, 2.24) is 14.4 Å². The Morgan fingerprint density at radius 2 is 1.60 bits per heavy atom. The zero-order valence-corrected chi connectivity index (χ0v) is 28.2. The Balaban J connectivity index is 0.984. The van der Waals surface area contributed by atoms with Gasteiger partial charge in [-0.05, 0) is 123 Å². The van der Waals surface area contributed by atoms with Crippen molar-refractivity contribution < 1.29 is 32.2 Å². The molecule has 0 saturated carbocycles. The summed E-state index contributed by atoms with van der Waals surface area (Å²) in [5.74, 6) is 2.57. The van der Waals surface area contributed by atoms with Crippen LogP contribution in [0.5, 0.6) is 17.2 Å². The van der Waals surface area contributed by atoms with Gasteiger partial charge in [0.1, 0.15) is 23.9 Å². The van der Waals surface area contributed by atoms with Crippen LogP contribution in [-0.4, -0.2) is 65.5 Å². The molecule has 1 amide bonds. The molecule has 0 radical (unpaired) electrons. The molecule has 8 rings (SSSR count). The number of halogens is 3. The van der Waals surface area contributed by atoms with E-state index < -0.39 is 6.36 Å². The van der Waals surface area contributed by atoms with Crippen LogP contribution in [-0.2, 0) is 17.9 Å². The topological polar surface area (TPSA) is 56.2 Å². The zero-order valence-electron chi connectivity index (χ0n) is 28.2. The molecule has 0 spiro atoms. The van der Waals surface area contributed by atoms with Crippen LogP contribution >= 0.6 is 0 Å². The summed E-state index contributed by atoms with van der Waals surface area (Å²) in [4.78, 5) is 19.1. The van der Waals surface area contributed by atoms with Gasteiger partial charge in [-0.25, -0.2) is 0 Å². The third kappa shape index (κ3) is 6.57. The Bertz CT molecular complexity index is 1880. The average molecular weight is 686 g/mol. The highest BCUT2D eigenvalue weighted by Crippen LogP contribution is 2.46. The smallest absolute Gasteiger partial charge is 0.497 e. The number of benzene rings is 3. The van der Waals surface area contributed by atoms with Gasteiger partial charge in [-0.1, -0.05) is 24.3 Å². The first-order valence-electron chi connectivity index (χ1n) is 17.7. The molecular weight excluding hydrogens is 643 g/mol. The minimum absolute atomic E-state index is 0.213. The number of ether oxygens (including phenoxy) is 3. The van der Waals surface area contributed by atoms with Gasteiger partial charge >= 0.3 is 6.36 Å². The van der Waals surface area contributed by atoms with Crippen molar-refractivity contribution >= 4 is 22.9 Å². The first kappa shape index (κ1) is 32.7. The number of fused-ring (bicyclic) bond motifs is 3. The number of carbonyl (C=O) groups excluding carboxylic acids is 1. The van der Waals surface area contributed by atoms with E-state index in [1.165, 1.54) is 50.9 Å². The van der Waals surface area contributed by atoms with Crippen molar-refractivity contribution in [3.8, 4) is 17.2 Å². The second-order valence-corrected chi connectivity index (χ2v) is 14.2. The highest BCUT2D eigenvalue weighted by atomic mass is 19.4. The molecule has 0 unspecified atom stereocenters. The molecular formula is C40H42F3N3O4. The van der Waals surface area contributed by atoms with Gasteiger partial charge in [0.2, 0.25) is 5.91 Å². The summed E-state index contributed by atoms with van der Waals surface area (Å²) < 4.78 is 55.0. The van der Waals surface area contributed by atoms with E-state index in [9.17, 15) is 18.0 Å². The Labute approximate surface area is 290 Å². The number of aromatic nitrogens is 1. The number of nitrogens with zero attached hydrogens (tertiary/aromatic N) is 3. The number of hydrogen-bond acceptors (Lipinski definition) is 5. The number of methoxy groups -OCH3 is 1. The SMILES string of the molecule is COc1ccc2c(c1)c(/C=C1\CC[C@@H]3[C@H]4CCCN5CCC[C@H](CN3C1=O)[C@@H]45)cn2Cc1ccc(OCc2ccc(OC(F)(F)F)cc2)cc1. The molecule has 262 valence electrons. The van der Waals surface area contributed by atoms with Gasteiger partial charge < -0.3 is 23.7 Å². The summed E-state index contributed by atoms with van der Waals surface area (Å²) in [6.45, 7) is 4.16. The highest BCUT2D eigenvalue weighted by Gasteiger charge is 2.51. The lowest BCUT2D eigenvalue weighted by Gasteiger charge is -2.58. The van der Waals surface area contributed by atoms with E-state index in [1.54, 1.807) is 19.2 Å². The second kappa shape index (κ2) is 13.4. The number of carbonyl (C=O) groups is 1. The summed E-state index contributed by atoms with van der Waals surface area (Å²) in [6.07, 6.45) is 6.33. The van der Waals surface area contributed by atoms with Crippen LogP contribution in [0.3, 0.4) is 0 Å². The second-order valence-electron chi connectivity index (χ2n) is 14.2. The molecule has 4 aliphatic heterocycles. The van der Waals surface area contributed by atoms with Gasteiger partial charge in [0.25, 0.3) is 0 Å². The predicted molar refractivity (Wildman–Crippen MR) is 185 cm³/mol. The van der Waals surface area contributed by atoms with E-state index in [-0.39, 0.29) is 18.3 Å². The lowest BCUT2D eigenvalue weighted by atomic mass is 9.67. The number of rotatable bonds is 8. The maximum absolute atomic E-state index is 14.2. The minimum Gasteiger partial charge on any atom is -0.497 e. The third-order valence-electron chi connectivity index (χ3n) is 11.2. The maximum Gasteiger partial charge on any atom is 0.573 e. The average Bonchev–Trinajstić information content (AvgIpc) is 3.45. The molecule has 0 bridgehead atoms. The standard InChI is InChI=1S/C40H42F3N3O4/c1-48-33-15-17-36-35(21-33)30(20-28-10-16-37-34-5-3-19-44-18-2-4-29(38(34)44)24-46(37)39(28)47)23-45(36)22-26-6-11-31(12-7-26)49-25-27-8-13-32(14-9-27)50-40(41,42)43/h6-9,11-15,17,20-21,23,29,34,37-38H,2-5,10,16,18-19,22,24-25H2,1H3/b28-20+/t29-,34-,37-,38+/m1/s1. The van der Waals surface area contributed by atoms with Crippen molar-refractivity contribution in [2.75, 3.05) is 26.7 Å². The highest BCUT2D eigenvalue weighted by molar-refractivity contribution is 6.02. The molecule has 1 aromatic heterocycles. The van der Waals surface area contributed by atoms with E-state index in [2.05, 4.69) is 43.5 Å². The molecule has 5 heterocycles. The van der Waals surface area contributed by atoms with Gasteiger partial charge in [-0.2, -0.15) is 0 Å². The molecule has 3 aromatic carbocycles. The van der Waals surface area contributed by atoms with Crippen molar-refractivity contribution in [2.24, 2.45) is 11.8 Å². The van der Waals surface area contributed by atoms with E-state index in [4.69, 9.17) is 9.47 Å². The molecule has 0 N–H and O–H groups in total. The van der Waals surface area contributed by atoms with Crippen molar-refractivity contribution in [3.05, 3.63) is 95.2 Å². The number of alkyl halides is 3. The number of amides is 1. The van der Waals surface area contributed by atoms with Crippen molar-refractivity contribution in [3.63, 3.8) is 0 Å². The van der Waals surface area contributed by atoms with Gasteiger partial charge in [-0.15, -0.1) is 13.2 Å². The Hall–Kier alpha value is -4.44. The summed E-state index contributed by atoms with van der Waals surface area (Å²) in [6, 6.07) is 20.6. The maximum atomic E-state index is 14.2. The molecule has 50 heavy (non-hydrogen) atoms. The molecule has 10 heteroatoms. The van der Waals surface area contributed by atoms with Crippen LogP contribution in [0.25, 0.3) is 17.0 Å². The monoisotopic (exact) mass is 685 g/mol. The zero-order chi connectivity index (χ0) is 34.4. The third-order valence-corrected chi connectivity index (χ3v) is 11.2. The first-order chi connectivity index (χ1) is 24.2. The lowest BCUT2D eigenvalue weighted by molar-refractivity contribution is -0.274. The lowest BCUT2D eigenvalue weighted by Crippen LogP contribution is -2.66. The van der Waals surface area contributed by atoms with Crippen LogP contribution in [0.4, 0.5) is 13.2 Å².